The summed E-state index contributed by atoms with van der Waals surface area (Å²) in [5.74, 6) is -0.206. The van der Waals surface area contributed by atoms with E-state index in [0.717, 1.165) is 29.6 Å². The van der Waals surface area contributed by atoms with Crippen molar-refractivity contribution in [2.24, 2.45) is 0 Å². The van der Waals surface area contributed by atoms with E-state index in [4.69, 9.17) is 0 Å². The van der Waals surface area contributed by atoms with Crippen LogP contribution in [-0.2, 0) is 12.8 Å². The van der Waals surface area contributed by atoms with Gasteiger partial charge in [0.1, 0.15) is 5.69 Å². The monoisotopic (exact) mass is 303 g/mol. The van der Waals surface area contributed by atoms with Crippen molar-refractivity contribution in [2.75, 3.05) is 5.32 Å². The Morgan fingerprint density at radius 3 is 2.70 bits per heavy atom. The Hall–Kier alpha value is -2.75. The number of hydrogen-bond acceptors (Lipinski definition) is 3. The van der Waals surface area contributed by atoms with E-state index in [1.165, 1.54) is 30.2 Å². The summed E-state index contributed by atoms with van der Waals surface area (Å²) in [5, 5.41) is 3.01. The van der Waals surface area contributed by atoms with E-state index in [2.05, 4.69) is 21.4 Å². The highest BCUT2D eigenvalue weighted by molar-refractivity contribution is 6.04. The summed E-state index contributed by atoms with van der Waals surface area (Å²) in [4.78, 5) is 21.2. The first kappa shape index (κ1) is 13.9. The summed E-state index contributed by atoms with van der Waals surface area (Å²) < 4.78 is 0. The molecule has 1 N–H and O–H groups in total. The van der Waals surface area contributed by atoms with Crippen LogP contribution in [-0.4, -0.2) is 15.9 Å². The predicted octanol–water partition coefficient (Wildman–Crippen LogP) is 3.76. The third-order valence-electron chi connectivity index (χ3n) is 4.33. The first-order valence-corrected chi connectivity index (χ1v) is 7.95. The van der Waals surface area contributed by atoms with Crippen LogP contribution in [0.1, 0.15) is 34.5 Å². The second-order valence-electron chi connectivity index (χ2n) is 5.85. The normalized spacial score (nSPS) is 13.6. The third-order valence-corrected chi connectivity index (χ3v) is 4.33. The van der Waals surface area contributed by atoms with Crippen LogP contribution >= 0.6 is 0 Å². The summed E-state index contributed by atoms with van der Waals surface area (Å²) in [6.07, 6.45) is 6.05. The molecule has 0 aliphatic heterocycles. The first-order chi connectivity index (χ1) is 11.3. The maximum absolute atomic E-state index is 12.5. The molecule has 0 saturated carbocycles. The lowest BCUT2D eigenvalue weighted by atomic mass is 9.90. The van der Waals surface area contributed by atoms with Gasteiger partial charge in [0.25, 0.3) is 5.91 Å². The molecule has 4 rings (SSSR count). The Bertz CT molecular complexity index is 889. The molecule has 0 fully saturated rings. The molecule has 4 heteroatoms. The van der Waals surface area contributed by atoms with Gasteiger partial charge in [0, 0.05) is 5.69 Å². The van der Waals surface area contributed by atoms with E-state index in [0.29, 0.717) is 5.69 Å². The van der Waals surface area contributed by atoms with Crippen molar-refractivity contribution in [1.29, 1.82) is 0 Å². The van der Waals surface area contributed by atoms with Crippen LogP contribution in [0.4, 0.5) is 5.69 Å². The number of para-hydroxylation sites is 2. The number of amides is 1. The van der Waals surface area contributed by atoms with Crippen molar-refractivity contribution in [1.82, 2.24) is 9.97 Å². The van der Waals surface area contributed by atoms with E-state index >= 15 is 0 Å². The number of hydrogen-bond donors (Lipinski definition) is 1. The summed E-state index contributed by atoms with van der Waals surface area (Å²) in [7, 11) is 0. The summed E-state index contributed by atoms with van der Waals surface area (Å²) in [5.41, 5.74) is 5.38. The van der Waals surface area contributed by atoms with Gasteiger partial charge in [-0.05, 0) is 55.0 Å². The summed E-state index contributed by atoms with van der Waals surface area (Å²) >= 11 is 0. The van der Waals surface area contributed by atoms with Crippen LogP contribution in [0.5, 0.6) is 0 Å². The van der Waals surface area contributed by atoms with Crippen LogP contribution in [0.2, 0.25) is 0 Å². The first-order valence-electron chi connectivity index (χ1n) is 7.95. The molecule has 0 atom stereocenters. The third kappa shape index (κ3) is 2.68. The van der Waals surface area contributed by atoms with Gasteiger partial charge in [-0.3, -0.25) is 9.78 Å². The average Bonchev–Trinajstić information content (AvgIpc) is 2.61. The van der Waals surface area contributed by atoms with Crippen LogP contribution in [0.15, 0.2) is 48.7 Å². The number of rotatable bonds is 2. The standard InChI is InChI=1S/C19H17N3O/c23-19(18-12-20-16-9-3-4-10-17(16)21-18)22-15-11-5-7-13-6-1-2-8-14(13)15/h3-5,7,9-12H,1-2,6,8H2,(H,22,23). The van der Waals surface area contributed by atoms with Crippen LogP contribution in [0, 0.1) is 0 Å². The maximum Gasteiger partial charge on any atom is 0.275 e. The molecular formula is C19H17N3O. The summed E-state index contributed by atoms with van der Waals surface area (Å²) in [6, 6.07) is 13.7. The van der Waals surface area contributed by atoms with Crippen LogP contribution < -0.4 is 5.32 Å². The molecule has 23 heavy (non-hydrogen) atoms. The Balaban J connectivity index is 1.64. The van der Waals surface area contributed by atoms with E-state index in [9.17, 15) is 4.79 Å². The van der Waals surface area contributed by atoms with E-state index < -0.39 is 0 Å². The van der Waals surface area contributed by atoms with Gasteiger partial charge in [-0.2, -0.15) is 0 Å². The molecule has 0 saturated heterocycles. The maximum atomic E-state index is 12.5. The second-order valence-corrected chi connectivity index (χ2v) is 5.85. The minimum atomic E-state index is -0.206. The Morgan fingerprint density at radius 2 is 1.78 bits per heavy atom. The number of carbonyl (C=O) groups is 1. The largest absolute Gasteiger partial charge is 0.320 e. The molecular weight excluding hydrogens is 286 g/mol. The quantitative estimate of drug-likeness (QED) is 0.784. The number of nitrogens with one attached hydrogen (secondary N) is 1. The molecule has 2 aromatic carbocycles. The lowest BCUT2D eigenvalue weighted by molar-refractivity contribution is 0.102. The van der Waals surface area contributed by atoms with Gasteiger partial charge in [0.2, 0.25) is 0 Å². The molecule has 0 unspecified atom stereocenters. The van der Waals surface area contributed by atoms with Crippen LogP contribution in [0.3, 0.4) is 0 Å². The number of aromatic nitrogens is 2. The minimum Gasteiger partial charge on any atom is -0.320 e. The molecule has 3 aromatic rings. The molecule has 0 radical (unpaired) electrons. The Labute approximate surface area is 134 Å². The van der Waals surface area contributed by atoms with Gasteiger partial charge in [-0.25, -0.2) is 4.98 Å². The molecule has 1 heterocycles. The molecule has 114 valence electrons. The van der Waals surface area contributed by atoms with Gasteiger partial charge < -0.3 is 5.32 Å². The Morgan fingerprint density at radius 1 is 0.957 bits per heavy atom. The fourth-order valence-corrected chi connectivity index (χ4v) is 3.15. The van der Waals surface area contributed by atoms with E-state index in [-0.39, 0.29) is 5.91 Å². The molecule has 1 amide bonds. The lowest BCUT2D eigenvalue weighted by Gasteiger charge is -2.19. The highest BCUT2D eigenvalue weighted by Crippen LogP contribution is 2.28. The highest BCUT2D eigenvalue weighted by Gasteiger charge is 2.16. The van der Waals surface area contributed by atoms with Gasteiger partial charge in [0.15, 0.2) is 0 Å². The highest BCUT2D eigenvalue weighted by atomic mass is 16.1. The zero-order valence-electron chi connectivity index (χ0n) is 12.7. The number of benzene rings is 2. The van der Waals surface area contributed by atoms with Crippen LogP contribution in [0.25, 0.3) is 11.0 Å². The zero-order valence-corrected chi connectivity index (χ0v) is 12.7. The predicted molar refractivity (Wildman–Crippen MR) is 90.6 cm³/mol. The smallest absolute Gasteiger partial charge is 0.275 e. The van der Waals surface area contributed by atoms with Crippen molar-refractivity contribution in [2.45, 2.75) is 25.7 Å². The Kier molecular flexibility index (Phi) is 3.50. The van der Waals surface area contributed by atoms with Crippen molar-refractivity contribution < 1.29 is 4.79 Å². The lowest BCUT2D eigenvalue weighted by Crippen LogP contribution is -2.17. The second kappa shape index (κ2) is 5.80. The molecule has 0 bridgehead atoms. The molecule has 1 aliphatic carbocycles. The summed E-state index contributed by atoms with van der Waals surface area (Å²) in [6.45, 7) is 0. The van der Waals surface area contributed by atoms with Crippen molar-refractivity contribution >= 4 is 22.6 Å². The number of carbonyl (C=O) groups excluding carboxylic acids is 1. The number of anilines is 1. The average molecular weight is 303 g/mol. The van der Waals surface area contributed by atoms with Crippen molar-refractivity contribution in [3.05, 3.63) is 65.5 Å². The molecule has 1 aliphatic rings. The van der Waals surface area contributed by atoms with E-state index in [1.54, 1.807) is 0 Å². The van der Waals surface area contributed by atoms with Gasteiger partial charge in [-0.15, -0.1) is 0 Å². The fraction of sp³-hybridized carbons (Fsp3) is 0.211. The van der Waals surface area contributed by atoms with Gasteiger partial charge in [0.05, 0.1) is 17.2 Å². The number of nitrogens with zero attached hydrogens (tertiary/aromatic N) is 2. The topological polar surface area (TPSA) is 54.9 Å². The van der Waals surface area contributed by atoms with Crippen molar-refractivity contribution in [3.63, 3.8) is 0 Å². The molecule has 0 spiro atoms. The van der Waals surface area contributed by atoms with Crippen molar-refractivity contribution in [3.8, 4) is 0 Å². The SMILES string of the molecule is O=C(Nc1cccc2c1CCCC2)c1cnc2ccccc2n1. The molecule has 4 nitrogen and oxygen atoms in total. The fourth-order valence-electron chi connectivity index (χ4n) is 3.15. The number of fused-ring (bicyclic) bond motifs is 2. The zero-order chi connectivity index (χ0) is 15.6. The minimum absolute atomic E-state index is 0.206. The van der Waals surface area contributed by atoms with E-state index in [1.807, 2.05) is 36.4 Å². The van der Waals surface area contributed by atoms with Gasteiger partial charge in [-0.1, -0.05) is 24.3 Å². The van der Waals surface area contributed by atoms with Gasteiger partial charge >= 0.3 is 0 Å². The number of aryl methyl sites for hydroxylation is 1. The molecule has 1 aromatic heterocycles.